The summed E-state index contributed by atoms with van der Waals surface area (Å²) in [7, 11) is 7.72. The number of benzene rings is 3. The Morgan fingerprint density at radius 3 is 2.22 bits per heavy atom. The van der Waals surface area contributed by atoms with E-state index in [1.165, 1.54) is 12.1 Å². The first-order chi connectivity index (χ1) is 17.6. The van der Waals surface area contributed by atoms with Gasteiger partial charge in [0.15, 0.2) is 0 Å². The van der Waals surface area contributed by atoms with Crippen LogP contribution in [0.25, 0.3) is 33.4 Å². The summed E-state index contributed by atoms with van der Waals surface area (Å²) >= 11 is 0. The van der Waals surface area contributed by atoms with Gasteiger partial charge in [0, 0.05) is 49.8 Å². The zero-order valence-electron chi connectivity index (χ0n) is 22.3. The molecule has 0 atom stereocenters. The molecule has 2 aromatic rings. The lowest BCUT2D eigenvalue weighted by Gasteiger charge is -2.19. The molecule has 2 aliphatic rings. The number of nitrogens with zero attached hydrogens (tertiary/aromatic N) is 2. The first kappa shape index (κ1) is 25.0. The number of carboxylic acid groups (broad SMARTS) is 2. The van der Waals surface area contributed by atoms with Crippen LogP contribution in [0.1, 0.15) is 48.8 Å². The van der Waals surface area contributed by atoms with Crippen molar-refractivity contribution in [1.82, 2.24) is 4.58 Å². The molecule has 1 heterocycles. The molecule has 1 aliphatic carbocycles. The van der Waals surface area contributed by atoms with Gasteiger partial charge in [-0.2, -0.15) is 0 Å². The highest BCUT2D eigenvalue weighted by Crippen LogP contribution is 2.42. The van der Waals surface area contributed by atoms with E-state index in [2.05, 4.69) is 6.92 Å². The molecular weight excluding hydrogens is 456 g/mol. The number of aromatic carboxylic acids is 2. The van der Waals surface area contributed by atoms with Gasteiger partial charge >= 0.3 is 11.9 Å². The van der Waals surface area contributed by atoms with Crippen LogP contribution in [-0.4, -0.2) is 50.3 Å². The largest absolute Gasteiger partial charge is 0.478 e. The molecule has 0 saturated heterocycles. The molecule has 0 unspecified atom stereocenters. The Balaban J connectivity index is 0.000000695. The van der Waals surface area contributed by atoms with Crippen LogP contribution in [0.2, 0.25) is 0 Å². The maximum atomic E-state index is 12.1. The van der Waals surface area contributed by atoms with E-state index >= 15 is 0 Å². The summed E-state index contributed by atoms with van der Waals surface area (Å²) in [5, 5.41) is 20.9. The van der Waals surface area contributed by atoms with Crippen molar-refractivity contribution in [2.24, 2.45) is 0 Å². The second-order valence-corrected chi connectivity index (χ2v) is 8.85. The van der Waals surface area contributed by atoms with E-state index in [0.717, 1.165) is 34.8 Å². The minimum atomic E-state index is -1.19. The third-order valence-corrected chi connectivity index (χ3v) is 5.84. The Bertz CT molecular complexity index is 1480. The van der Waals surface area contributed by atoms with Crippen molar-refractivity contribution in [3.63, 3.8) is 0 Å². The van der Waals surface area contributed by atoms with Crippen LogP contribution in [0, 0.1) is 0 Å². The Morgan fingerprint density at radius 1 is 0.944 bits per heavy atom. The van der Waals surface area contributed by atoms with Crippen LogP contribution in [-0.2, 0) is 0 Å². The third kappa shape index (κ3) is 5.40. The molecule has 0 fully saturated rings. The van der Waals surface area contributed by atoms with Gasteiger partial charge in [-0.3, -0.25) is 0 Å². The first-order valence-corrected chi connectivity index (χ1v) is 11.7. The average molecular weight is 492 g/mol. The van der Waals surface area contributed by atoms with Crippen LogP contribution in [0.4, 0.5) is 5.69 Å². The van der Waals surface area contributed by atoms with Gasteiger partial charge in [0.1, 0.15) is 25.4 Å². The fraction of sp³-hybridized carbons (Fsp3) is 0.276. The number of carboxylic acids is 2. The zero-order valence-corrected chi connectivity index (χ0v) is 21.3. The summed E-state index contributed by atoms with van der Waals surface area (Å²) < 4.78 is 14.8. The van der Waals surface area contributed by atoms with Gasteiger partial charge in [-0.05, 0) is 35.9 Å². The lowest BCUT2D eigenvalue weighted by atomic mass is 9.89. The number of fused-ring (bicyclic) bond motifs is 2. The van der Waals surface area contributed by atoms with Crippen LogP contribution in [0.3, 0.4) is 0 Å². The van der Waals surface area contributed by atoms with E-state index in [0.29, 0.717) is 29.4 Å². The molecular formula is C29H33N2O5+. The minimum absolute atomic E-state index is 0.0768. The van der Waals surface area contributed by atoms with Crippen LogP contribution < -0.4 is 14.8 Å². The highest BCUT2D eigenvalue weighted by molar-refractivity contribution is 6.08. The maximum Gasteiger partial charge on any atom is 0.336 e. The van der Waals surface area contributed by atoms with Gasteiger partial charge < -0.3 is 19.5 Å². The van der Waals surface area contributed by atoms with Gasteiger partial charge in [-0.25, -0.2) is 14.2 Å². The minimum Gasteiger partial charge on any atom is -0.478 e. The molecule has 2 N–H and O–H groups in total. The Kier molecular flexibility index (Phi) is 7.68. The van der Waals surface area contributed by atoms with Crippen molar-refractivity contribution in [2.45, 2.75) is 26.7 Å². The number of hydrogen-bond donors (Lipinski definition) is 2. The van der Waals surface area contributed by atoms with Crippen molar-refractivity contribution in [3.05, 3.63) is 71.1 Å². The van der Waals surface area contributed by atoms with E-state index in [-0.39, 0.29) is 11.1 Å². The Labute approximate surface area is 212 Å². The van der Waals surface area contributed by atoms with E-state index in [1.807, 2.05) is 74.1 Å². The highest BCUT2D eigenvalue weighted by Gasteiger charge is 2.23. The second kappa shape index (κ2) is 11.1. The van der Waals surface area contributed by atoms with Crippen LogP contribution in [0.5, 0.6) is 0 Å². The van der Waals surface area contributed by atoms with E-state index in [9.17, 15) is 19.8 Å². The van der Waals surface area contributed by atoms with E-state index in [4.69, 9.17) is 5.79 Å². The SMILES string of the molecule is CN(C)c1ccc2c(-c3ccc(C(=O)O)cc3C(=O)O)c3ccc(=[N+](C)C)cc-3oc2c1.[3H]CCCC. The summed E-state index contributed by atoms with van der Waals surface area (Å²) in [6.45, 7) is 2.69. The predicted octanol–water partition coefficient (Wildman–Crippen LogP) is 5.51. The number of carbonyl (C=O) groups is 2. The fourth-order valence-electron chi connectivity index (χ4n) is 3.79. The van der Waals surface area contributed by atoms with Gasteiger partial charge in [-0.1, -0.05) is 32.7 Å². The molecule has 0 saturated carbocycles. The van der Waals surface area contributed by atoms with Crippen molar-refractivity contribution < 1.29 is 25.6 Å². The predicted molar refractivity (Wildman–Crippen MR) is 144 cm³/mol. The Morgan fingerprint density at radius 2 is 1.67 bits per heavy atom. The lowest BCUT2D eigenvalue weighted by molar-refractivity contribution is 0.0696. The molecule has 0 bridgehead atoms. The van der Waals surface area contributed by atoms with Crippen LogP contribution >= 0.6 is 0 Å². The van der Waals surface area contributed by atoms with Crippen LogP contribution in [0.15, 0.2) is 59.0 Å². The number of anilines is 1. The number of hydrogen-bond acceptors (Lipinski definition) is 4. The van der Waals surface area contributed by atoms with Crippen molar-refractivity contribution >= 4 is 28.6 Å². The van der Waals surface area contributed by atoms with Crippen molar-refractivity contribution in [1.29, 1.82) is 0 Å². The molecule has 0 radical (unpaired) electrons. The van der Waals surface area contributed by atoms with Gasteiger partial charge in [0.05, 0.1) is 17.2 Å². The highest BCUT2D eigenvalue weighted by atomic mass is 16.4. The summed E-state index contributed by atoms with van der Waals surface area (Å²) in [4.78, 5) is 25.5. The fourth-order valence-corrected chi connectivity index (χ4v) is 3.79. The smallest absolute Gasteiger partial charge is 0.336 e. The second-order valence-electron chi connectivity index (χ2n) is 8.85. The molecule has 0 spiro atoms. The number of unbranched alkanes of at least 4 members (excludes halogenated alkanes) is 1. The topological polar surface area (TPSA) is 94.0 Å². The maximum absolute atomic E-state index is 12.1. The molecule has 7 nitrogen and oxygen atoms in total. The normalized spacial score (nSPS) is 11.0. The van der Waals surface area contributed by atoms with Gasteiger partial charge in [0.25, 0.3) is 0 Å². The number of rotatable bonds is 5. The third-order valence-electron chi connectivity index (χ3n) is 5.84. The molecule has 4 rings (SSSR count). The van der Waals surface area contributed by atoms with Crippen molar-refractivity contribution in [2.75, 3.05) is 33.1 Å². The standard InChI is InChI=1S/C25H22N2O5.C4H10/c1-26(2)15-6-9-18-21(12-15)32-22-13-16(27(3)4)7-10-19(22)23(18)17-8-5-14(24(28)29)11-20(17)25(30)31;1-3-4-2/h5-13H,1-4H3,(H-,28,29,30,31);3-4H2,1-2H3/p+1/i;1T. The van der Waals surface area contributed by atoms with Crippen molar-refractivity contribution in [3.8, 4) is 22.5 Å². The molecule has 2 aromatic carbocycles. The lowest BCUT2D eigenvalue weighted by Crippen LogP contribution is -2.21. The van der Waals surface area contributed by atoms with E-state index < -0.39 is 11.9 Å². The summed E-state index contributed by atoms with van der Waals surface area (Å²) in [5.41, 5.74) is 3.25. The first-order valence-electron chi connectivity index (χ1n) is 12.4. The average Bonchev–Trinajstić information content (AvgIpc) is 2.86. The molecule has 188 valence electrons. The summed E-state index contributed by atoms with van der Waals surface area (Å²) in [6, 6.07) is 15.7. The zero-order chi connectivity index (χ0) is 27.3. The summed E-state index contributed by atoms with van der Waals surface area (Å²) in [5.74, 6) is -1.77. The molecule has 0 amide bonds. The van der Waals surface area contributed by atoms with Gasteiger partial charge in [0.2, 0.25) is 5.36 Å². The molecule has 0 aromatic heterocycles. The molecule has 36 heavy (non-hydrogen) atoms. The quantitative estimate of drug-likeness (QED) is 0.283. The Hall–Kier alpha value is -4.13. The van der Waals surface area contributed by atoms with E-state index in [1.54, 1.807) is 6.07 Å². The summed E-state index contributed by atoms with van der Waals surface area (Å²) in [6.07, 6.45) is 2.21. The van der Waals surface area contributed by atoms with Gasteiger partial charge in [-0.15, -0.1) is 0 Å². The molecule has 7 heteroatoms. The molecule has 1 aliphatic heterocycles. The monoisotopic (exact) mass is 491 g/mol.